The van der Waals surface area contributed by atoms with Crippen LogP contribution in [0.25, 0.3) is 0 Å². The second kappa shape index (κ2) is 5.95. The molecule has 2 rings (SSSR count). The van der Waals surface area contributed by atoms with Crippen LogP contribution in [0.3, 0.4) is 0 Å². The first-order chi connectivity index (χ1) is 9.51. The molecule has 1 aromatic carbocycles. The van der Waals surface area contributed by atoms with Crippen molar-refractivity contribution >= 4 is 23.2 Å². The molecular weight excluding hydrogens is 301 g/mol. The number of benzene rings is 1. The molecule has 7 heteroatoms. The molecule has 5 nitrogen and oxygen atoms in total. The van der Waals surface area contributed by atoms with E-state index in [1.807, 2.05) is 0 Å². The third kappa shape index (κ3) is 3.10. The molecule has 1 aromatic heterocycles. The summed E-state index contributed by atoms with van der Waals surface area (Å²) in [6, 6.07) is 6.83. The van der Waals surface area contributed by atoms with E-state index >= 15 is 0 Å². The summed E-state index contributed by atoms with van der Waals surface area (Å²) in [5.41, 5.74) is -0.517. The Balaban J connectivity index is 2.25. The molecule has 0 aliphatic rings. The minimum Gasteiger partial charge on any atom is -0.299 e. The van der Waals surface area contributed by atoms with E-state index in [9.17, 15) is 9.59 Å². The number of nitrogens with zero attached hydrogens (tertiary/aromatic N) is 2. The third-order valence-corrected chi connectivity index (χ3v) is 3.36. The average molecular weight is 310 g/mol. The highest BCUT2D eigenvalue weighted by molar-refractivity contribution is 6.35. The van der Waals surface area contributed by atoms with Gasteiger partial charge in [0.25, 0.3) is 5.56 Å². The molecule has 20 heavy (non-hydrogen) atoms. The van der Waals surface area contributed by atoms with Gasteiger partial charge in [0.2, 0.25) is 0 Å². The molecule has 102 valence electrons. The lowest BCUT2D eigenvalue weighted by Crippen LogP contribution is -2.31. The maximum atomic E-state index is 11.6. The Bertz CT molecular complexity index is 802. The molecule has 0 saturated carbocycles. The third-order valence-electron chi connectivity index (χ3n) is 2.77. The lowest BCUT2D eigenvalue weighted by Gasteiger charge is -2.07. The zero-order chi connectivity index (χ0) is 14.7. The van der Waals surface area contributed by atoms with Crippen molar-refractivity contribution in [2.45, 2.75) is 13.0 Å². The second-order valence-corrected chi connectivity index (χ2v) is 4.94. The van der Waals surface area contributed by atoms with Gasteiger partial charge in [-0.05, 0) is 24.1 Å². The van der Waals surface area contributed by atoms with Crippen LogP contribution in [0, 0.1) is 11.3 Å². The number of aryl methyl sites for hydroxylation is 2. The van der Waals surface area contributed by atoms with Gasteiger partial charge in [0, 0.05) is 22.8 Å². The molecule has 0 aliphatic heterocycles. The highest BCUT2D eigenvalue weighted by atomic mass is 35.5. The fourth-order valence-corrected chi connectivity index (χ4v) is 2.22. The van der Waals surface area contributed by atoms with Crippen LogP contribution in [0.4, 0.5) is 0 Å². The van der Waals surface area contributed by atoms with Gasteiger partial charge >= 0.3 is 5.69 Å². The smallest absolute Gasteiger partial charge is 0.299 e. The van der Waals surface area contributed by atoms with Crippen LogP contribution >= 0.6 is 23.2 Å². The van der Waals surface area contributed by atoms with E-state index in [2.05, 4.69) is 4.98 Å². The Morgan fingerprint density at radius 2 is 2.05 bits per heavy atom. The molecule has 1 N–H and O–H groups in total. The topological polar surface area (TPSA) is 78.7 Å². The van der Waals surface area contributed by atoms with Crippen molar-refractivity contribution in [3.8, 4) is 6.07 Å². The summed E-state index contributed by atoms with van der Waals surface area (Å²) in [5, 5.41) is 9.82. The summed E-state index contributed by atoms with van der Waals surface area (Å²) in [6.45, 7) is 0.297. The summed E-state index contributed by atoms with van der Waals surface area (Å²) < 4.78 is 1.27. The van der Waals surface area contributed by atoms with E-state index in [0.717, 1.165) is 5.56 Å². The zero-order valence-electron chi connectivity index (χ0n) is 10.2. The van der Waals surface area contributed by atoms with Crippen LogP contribution in [-0.2, 0) is 13.0 Å². The summed E-state index contributed by atoms with van der Waals surface area (Å²) >= 11 is 11.8. The molecule has 0 saturated heterocycles. The molecule has 0 aliphatic carbocycles. The molecule has 0 amide bonds. The van der Waals surface area contributed by atoms with Crippen LogP contribution < -0.4 is 11.2 Å². The van der Waals surface area contributed by atoms with Gasteiger partial charge in [0.1, 0.15) is 11.6 Å². The van der Waals surface area contributed by atoms with Crippen molar-refractivity contribution in [2.24, 2.45) is 0 Å². The maximum Gasteiger partial charge on any atom is 0.328 e. The fraction of sp³-hybridized carbons (Fsp3) is 0.154. The van der Waals surface area contributed by atoms with Crippen LogP contribution in [0.5, 0.6) is 0 Å². The minimum atomic E-state index is -0.682. The number of halogens is 2. The summed E-state index contributed by atoms with van der Waals surface area (Å²) in [4.78, 5) is 25.0. The minimum absolute atomic E-state index is 0.105. The SMILES string of the molecule is N#Cc1cn(CCc2ccc(Cl)cc2Cl)c(=O)[nH]c1=O. The number of rotatable bonds is 3. The Labute approximate surface area is 124 Å². The normalized spacial score (nSPS) is 10.2. The van der Waals surface area contributed by atoms with Crippen LogP contribution in [0.15, 0.2) is 34.0 Å². The summed E-state index contributed by atoms with van der Waals surface area (Å²) in [7, 11) is 0. The van der Waals surface area contributed by atoms with Gasteiger partial charge in [-0.3, -0.25) is 14.3 Å². The molecule has 0 unspecified atom stereocenters. The number of aromatic nitrogens is 2. The van der Waals surface area contributed by atoms with Gasteiger partial charge in [0.15, 0.2) is 0 Å². The highest BCUT2D eigenvalue weighted by Gasteiger charge is 2.06. The van der Waals surface area contributed by atoms with E-state index in [1.54, 1.807) is 24.3 Å². The number of hydrogen-bond acceptors (Lipinski definition) is 3. The predicted octanol–water partition coefficient (Wildman–Crippen LogP) is 1.96. The molecule has 0 fully saturated rings. The fourth-order valence-electron chi connectivity index (χ4n) is 1.72. The number of nitriles is 1. The molecule has 2 aromatic rings. The van der Waals surface area contributed by atoms with Crippen LogP contribution in [-0.4, -0.2) is 9.55 Å². The second-order valence-electron chi connectivity index (χ2n) is 4.09. The highest BCUT2D eigenvalue weighted by Crippen LogP contribution is 2.21. The Kier molecular flexibility index (Phi) is 4.28. The zero-order valence-corrected chi connectivity index (χ0v) is 11.7. The molecule has 1 heterocycles. The van der Waals surface area contributed by atoms with Crippen LogP contribution in [0.2, 0.25) is 10.0 Å². The van der Waals surface area contributed by atoms with Crippen molar-refractivity contribution in [2.75, 3.05) is 0 Å². The molecule has 0 spiro atoms. The van der Waals surface area contributed by atoms with Gasteiger partial charge in [-0.1, -0.05) is 29.3 Å². The van der Waals surface area contributed by atoms with Gasteiger partial charge in [-0.25, -0.2) is 4.79 Å². The molecule has 0 atom stereocenters. The van der Waals surface area contributed by atoms with Gasteiger partial charge in [0.05, 0.1) is 0 Å². The lowest BCUT2D eigenvalue weighted by atomic mass is 10.1. The van der Waals surface area contributed by atoms with Crippen LogP contribution in [0.1, 0.15) is 11.1 Å². The summed E-state index contributed by atoms with van der Waals surface area (Å²) in [5.74, 6) is 0. The largest absolute Gasteiger partial charge is 0.328 e. The van der Waals surface area contributed by atoms with E-state index in [-0.39, 0.29) is 5.56 Å². The average Bonchev–Trinajstić information content (AvgIpc) is 2.39. The Morgan fingerprint density at radius 1 is 1.30 bits per heavy atom. The Hall–Kier alpha value is -2.03. The number of aromatic amines is 1. The lowest BCUT2D eigenvalue weighted by molar-refractivity contribution is 0.643. The van der Waals surface area contributed by atoms with E-state index in [4.69, 9.17) is 28.5 Å². The standard InChI is InChI=1S/C13H9Cl2N3O2/c14-10-2-1-8(11(15)5-10)3-4-18-7-9(6-16)12(19)17-13(18)20/h1-2,5,7H,3-4H2,(H,17,19,20). The first-order valence-corrected chi connectivity index (χ1v) is 6.44. The predicted molar refractivity (Wildman–Crippen MR) is 76.2 cm³/mol. The number of hydrogen-bond donors (Lipinski definition) is 1. The van der Waals surface area contributed by atoms with Crippen molar-refractivity contribution in [1.82, 2.24) is 9.55 Å². The number of H-pyrrole nitrogens is 1. The van der Waals surface area contributed by atoms with Crippen molar-refractivity contribution in [3.05, 3.63) is 66.4 Å². The molecular formula is C13H9Cl2N3O2. The van der Waals surface area contributed by atoms with E-state index < -0.39 is 11.2 Å². The molecule has 0 radical (unpaired) electrons. The van der Waals surface area contributed by atoms with Crippen molar-refractivity contribution in [3.63, 3.8) is 0 Å². The van der Waals surface area contributed by atoms with E-state index in [1.165, 1.54) is 10.8 Å². The van der Waals surface area contributed by atoms with Gasteiger partial charge in [-0.2, -0.15) is 5.26 Å². The van der Waals surface area contributed by atoms with Crippen molar-refractivity contribution in [1.29, 1.82) is 5.26 Å². The first kappa shape index (κ1) is 14.4. The van der Waals surface area contributed by atoms with Crippen molar-refractivity contribution < 1.29 is 0 Å². The van der Waals surface area contributed by atoms with Gasteiger partial charge < -0.3 is 0 Å². The summed E-state index contributed by atoms with van der Waals surface area (Å²) in [6.07, 6.45) is 1.72. The first-order valence-electron chi connectivity index (χ1n) is 5.69. The molecule has 0 bridgehead atoms. The van der Waals surface area contributed by atoms with Gasteiger partial charge in [-0.15, -0.1) is 0 Å². The Morgan fingerprint density at radius 3 is 2.70 bits per heavy atom. The van der Waals surface area contributed by atoms with E-state index in [0.29, 0.717) is 23.0 Å². The number of nitrogens with one attached hydrogen (secondary N) is 1. The monoisotopic (exact) mass is 309 g/mol. The maximum absolute atomic E-state index is 11.6. The quantitative estimate of drug-likeness (QED) is 0.941.